The minimum absolute atomic E-state index is 0.0231. The molecule has 94 heavy (non-hydrogen) atoms. The SMILES string of the molecule is CCC(=O)NCCNC(=O)NC(N)=NCCC[C@@H](NC(=O)[C@H](c1ccccc1)c1cccc(OCCCCNC(=O)[C@@H](CCCN=C(N)N)NC(=O)CCNC(C=O)N2CCN(CC(=O)O)CCN(CC(=O)O)CCN(CC(=O)O)CC2)c1)C(=O)NCc1ccc(O)cc1. The van der Waals surface area contributed by atoms with Gasteiger partial charge in [-0.2, -0.15) is 0 Å². The molecular weight excluding hydrogens is 1220 g/mol. The van der Waals surface area contributed by atoms with E-state index in [0.717, 1.165) is 0 Å². The molecule has 18 N–H and O–H groups in total. The van der Waals surface area contributed by atoms with E-state index in [0.29, 0.717) is 54.4 Å². The highest BCUT2D eigenvalue weighted by atomic mass is 16.5. The van der Waals surface area contributed by atoms with Gasteiger partial charge in [0.2, 0.25) is 29.5 Å². The number of ether oxygens (including phenoxy) is 1. The van der Waals surface area contributed by atoms with E-state index in [2.05, 4.69) is 52.5 Å². The van der Waals surface area contributed by atoms with Crippen LogP contribution in [0.4, 0.5) is 4.79 Å². The number of unbranched alkanes of at least 4 members (excludes halogenated alkanes) is 1. The van der Waals surface area contributed by atoms with Gasteiger partial charge in [-0.3, -0.25) is 78.6 Å². The van der Waals surface area contributed by atoms with Crippen molar-refractivity contribution in [2.45, 2.75) is 89.0 Å². The van der Waals surface area contributed by atoms with Gasteiger partial charge in [-0.25, -0.2) is 4.79 Å². The maximum Gasteiger partial charge on any atom is 0.321 e. The molecule has 1 aliphatic rings. The number of nitrogens with zero attached hydrogens (tertiary/aromatic N) is 6. The molecule has 1 heterocycles. The van der Waals surface area contributed by atoms with Gasteiger partial charge in [-0.1, -0.05) is 61.5 Å². The number of amides is 7. The fourth-order valence-electron chi connectivity index (χ4n) is 9.84. The van der Waals surface area contributed by atoms with Crippen molar-refractivity contribution in [2.75, 3.05) is 118 Å². The first-order chi connectivity index (χ1) is 45.1. The molecule has 0 spiro atoms. The highest BCUT2D eigenvalue weighted by molar-refractivity contribution is 5.95. The number of guanidine groups is 2. The van der Waals surface area contributed by atoms with Crippen LogP contribution in [0.3, 0.4) is 0 Å². The minimum Gasteiger partial charge on any atom is -0.508 e. The third-order valence-electron chi connectivity index (χ3n) is 14.8. The summed E-state index contributed by atoms with van der Waals surface area (Å²) in [5.74, 6) is -6.09. The Kier molecular flexibility index (Phi) is 35.5. The quantitative estimate of drug-likeness (QED) is 0.0128. The number of phenolic OH excluding ortho intramolecular Hbond substituents is 1. The van der Waals surface area contributed by atoms with Gasteiger partial charge in [-0.05, 0) is 79.5 Å². The van der Waals surface area contributed by atoms with E-state index < -0.39 is 71.7 Å². The molecule has 4 rings (SSSR count). The average molecular weight is 1320 g/mol. The minimum atomic E-state index is -1.10. The van der Waals surface area contributed by atoms with E-state index in [9.17, 15) is 68.4 Å². The molecule has 7 amide bonds. The molecule has 0 radical (unpaired) electrons. The smallest absolute Gasteiger partial charge is 0.321 e. The van der Waals surface area contributed by atoms with Crippen molar-refractivity contribution in [3.05, 3.63) is 95.6 Å². The van der Waals surface area contributed by atoms with Crippen molar-refractivity contribution >= 4 is 71.7 Å². The molecule has 3 aromatic rings. The number of urea groups is 1. The highest BCUT2D eigenvalue weighted by Gasteiger charge is 2.30. The van der Waals surface area contributed by atoms with Gasteiger partial charge in [0.05, 0.1) is 32.2 Å². The largest absolute Gasteiger partial charge is 0.508 e. The Hall–Kier alpha value is -9.50. The Labute approximate surface area is 546 Å². The fourth-order valence-corrected chi connectivity index (χ4v) is 9.84. The molecule has 1 saturated heterocycles. The van der Waals surface area contributed by atoms with Crippen LogP contribution in [0.1, 0.15) is 80.9 Å². The van der Waals surface area contributed by atoms with Crippen LogP contribution in [0.15, 0.2) is 88.8 Å². The molecule has 4 atom stereocenters. The molecule has 1 aliphatic heterocycles. The van der Waals surface area contributed by atoms with Crippen LogP contribution in [0, 0.1) is 0 Å². The van der Waals surface area contributed by atoms with Crippen LogP contribution < -0.4 is 64.5 Å². The average Bonchev–Trinajstić information content (AvgIpc) is 0.829. The molecule has 0 bridgehead atoms. The maximum atomic E-state index is 14.6. The van der Waals surface area contributed by atoms with Crippen LogP contribution in [0.25, 0.3) is 0 Å². The van der Waals surface area contributed by atoms with E-state index in [1.165, 1.54) is 12.1 Å². The summed E-state index contributed by atoms with van der Waals surface area (Å²) in [7, 11) is 0. The zero-order valence-electron chi connectivity index (χ0n) is 53.2. The third kappa shape index (κ3) is 31.7. The van der Waals surface area contributed by atoms with Gasteiger partial charge in [0.15, 0.2) is 18.2 Å². The van der Waals surface area contributed by atoms with E-state index in [4.69, 9.17) is 21.9 Å². The highest BCUT2D eigenvalue weighted by Crippen LogP contribution is 2.28. The Morgan fingerprint density at radius 3 is 1.74 bits per heavy atom. The third-order valence-corrected chi connectivity index (χ3v) is 14.8. The molecule has 0 saturated carbocycles. The summed E-state index contributed by atoms with van der Waals surface area (Å²) in [4.78, 5) is 142. The predicted octanol–water partition coefficient (Wildman–Crippen LogP) is -1.96. The van der Waals surface area contributed by atoms with Gasteiger partial charge < -0.3 is 79.1 Å². The van der Waals surface area contributed by atoms with Crippen molar-refractivity contribution in [3.63, 3.8) is 0 Å². The lowest BCUT2D eigenvalue weighted by molar-refractivity contribution is -0.140. The topological polar surface area (TPSA) is 473 Å². The van der Waals surface area contributed by atoms with Crippen LogP contribution in [-0.4, -0.2) is 248 Å². The Morgan fingerprint density at radius 2 is 1.16 bits per heavy atom. The lowest BCUT2D eigenvalue weighted by Crippen LogP contribution is -2.54. The number of nitrogens with one attached hydrogen (secondary N) is 8. The van der Waals surface area contributed by atoms with E-state index >= 15 is 0 Å². The zero-order valence-corrected chi connectivity index (χ0v) is 53.2. The van der Waals surface area contributed by atoms with Gasteiger partial charge in [0.1, 0.15) is 29.7 Å². The second-order valence-corrected chi connectivity index (χ2v) is 22.1. The first-order valence-electron chi connectivity index (χ1n) is 31.3. The molecule has 32 nitrogen and oxygen atoms in total. The van der Waals surface area contributed by atoms with E-state index in [-0.39, 0.29) is 174 Å². The van der Waals surface area contributed by atoms with Crippen molar-refractivity contribution in [3.8, 4) is 11.5 Å². The second kappa shape index (κ2) is 43.3. The number of carbonyl (C=O) groups excluding carboxylic acids is 7. The molecule has 516 valence electrons. The Bertz CT molecular complexity index is 2930. The monoisotopic (exact) mass is 1320 g/mol. The van der Waals surface area contributed by atoms with E-state index in [1.807, 2.05) is 6.07 Å². The number of aldehydes is 1. The molecule has 1 fully saturated rings. The number of hydrogen-bond donors (Lipinski definition) is 15. The zero-order chi connectivity index (χ0) is 68.6. The number of aliphatic imine (C=N–C) groups is 2. The molecule has 3 aromatic carbocycles. The first-order valence-corrected chi connectivity index (χ1v) is 31.3. The molecular formula is C62H93N17O15. The van der Waals surface area contributed by atoms with E-state index in [1.54, 1.807) is 87.2 Å². The summed E-state index contributed by atoms with van der Waals surface area (Å²) >= 11 is 0. The molecule has 0 aliphatic carbocycles. The van der Waals surface area contributed by atoms with Crippen molar-refractivity contribution in [2.24, 2.45) is 27.2 Å². The Morgan fingerprint density at radius 1 is 0.596 bits per heavy atom. The summed E-state index contributed by atoms with van der Waals surface area (Å²) in [6.45, 7) is 3.28. The van der Waals surface area contributed by atoms with Crippen LogP contribution in [0.5, 0.6) is 11.5 Å². The lowest BCUT2D eigenvalue weighted by atomic mass is 9.90. The summed E-state index contributed by atoms with van der Waals surface area (Å²) < 4.78 is 6.16. The number of carboxylic acids is 3. The fraction of sp³-hybridized carbons (Fsp3) is 0.516. The number of benzene rings is 3. The number of hydrogen-bond acceptors (Lipinski definition) is 19. The van der Waals surface area contributed by atoms with Gasteiger partial charge in [0.25, 0.3) is 0 Å². The van der Waals surface area contributed by atoms with Crippen molar-refractivity contribution in [1.29, 1.82) is 0 Å². The number of aliphatic carboxylic acids is 3. The predicted molar refractivity (Wildman–Crippen MR) is 348 cm³/mol. The van der Waals surface area contributed by atoms with Crippen LogP contribution in [-0.2, 0) is 49.7 Å². The van der Waals surface area contributed by atoms with Gasteiger partial charge in [-0.15, -0.1) is 0 Å². The standard InChI is InChI=1S/C62H93N17O15/c1-2-51(82)67-26-27-71-62(93)75-61(65)70-24-10-16-49(58(91)72-38-43-17-19-46(81)20-18-43)74-59(92)56(44-11-4-3-5-12-44)45-13-8-14-47(37-45)94-36-7-6-22-68-57(90)48(15-9-23-69-60(63)64)73-52(83)21-25-66-50(42-80)79-34-32-77(40-54(86)87)30-28-76(39-53(84)85)29-31-78(33-35-79)41-55(88)89/h3-5,8,11-14,17-20,37,42,48-50,56,66,81H,2,6-7,9-10,15-16,21-36,38-41H2,1H3,(H,67,82)(H,68,90)(H,72,91)(H,73,83)(H,74,92)(H,84,85)(H,86,87)(H,88,89)(H4,63,64,69)(H4,65,70,71,75,93)/t48-,49-,50?,56-/m1/s1. The Balaban J connectivity index is 1.36. The van der Waals surface area contributed by atoms with Crippen molar-refractivity contribution in [1.82, 2.24) is 62.1 Å². The summed E-state index contributed by atoms with van der Waals surface area (Å²) in [5, 5.41) is 60.6. The number of phenols is 1. The second-order valence-electron chi connectivity index (χ2n) is 22.1. The maximum absolute atomic E-state index is 14.6. The number of nitrogens with two attached hydrogens (primary N) is 3. The van der Waals surface area contributed by atoms with Gasteiger partial charge >= 0.3 is 23.9 Å². The summed E-state index contributed by atoms with van der Waals surface area (Å²) in [6, 6.07) is 19.6. The normalized spacial score (nSPS) is 15.0. The summed E-state index contributed by atoms with van der Waals surface area (Å²) in [6.07, 6.45) is 1.65. The molecule has 1 unspecified atom stereocenters. The molecule has 0 aromatic heterocycles. The number of carbonyl (C=O) groups is 10. The van der Waals surface area contributed by atoms with Gasteiger partial charge in [0, 0.05) is 111 Å². The first kappa shape index (κ1) is 77.0. The van der Waals surface area contributed by atoms with Crippen LogP contribution in [0.2, 0.25) is 0 Å². The number of aromatic hydroxyl groups is 1. The van der Waals surface area contributed by atoms with Crippen LogP contribution >= 0.6 is 0 Å². The molecule has 32 heteroatoms. The number of rotatable bonds is 39. The van der Waals surface area contributed by atoms with Crippen molar-refractivity contribution < 1.29 is 73.1 Å². The summed E-state index contributed by atoms with van der Waals surface area (Å²) in [5.41, 5.74) is 18.9. The lowest BCUT2D eigenvalue weighted by Gasteiger charge is -2.35. The number of carboxylic acid groups (broad SMARTS) is 3.